The second kappa shape index (κ2) is 7.37. The second-order valence-electron chi connectivity index (χ2n) is 7.71. The van der Waals surface area contributed by atoms with Crippen LogP contribution in [-0.4, -0.2) is 43.2 Å². The summed E-state index contributed by atoms with van der Waals surface area (Å²) in [6.45, 7) is 1.42. The first-order valence-electron chi connectivity index (χ1n) is 10.0. The molecule has 1 aliphatic rings. The van der Waals surface area contributed by atoms with E-state index in [2.05, 4.69) is 9.97 Å². The Bertz CT molecular complexity index is 1230. The van der Waals surface area contributed by atoms with Gasteiger partial charge in [0.1, 0.15) is 17.0 Å². The minimum Gasteiger partial charge on any atom is -0.369 e. The van der Waals surface area contributed by atoms with Crippen LogP contribution in [-0.2, 0) is 6.42 Å². The molecule has 152 valence electrons. The Kier molecular flexibility index (Phi) is 4.54. The van der Waals surface area contributed by atoms with Gasteiger partial charge in [0, 0.05) is 37.1 Å². The van der Waals surface area contributed by atoms with Crippen LogP contribution in [0.5, 0.6) is 0 Å². The highest BCUT2D eigenvalue weighted by Crippen LogP contribution is 2.26. The predicted octanol–water partition coefficient (Wildman–Crippen LogP) is 3.09. The Hall–Kier alpha value is -3.55. The fourth-order valence-corrected chi connectivity index (χ4v) is 4.18. The molecule has 0 bridgehead atoms. The van der Waals surface area contributed by atoms with E-state index in [1.165, 1.54) is 6.07 Å². The Morgan fingerprint density at radius 3 is 2.77 bits per heavy atom. The lowest BCUT2D eigenvalue weighted by molar-refractivity contribution is 0.0690. The molecule has 4 heterocycles. The summed E-state index contributed by atoms with van der Waals surface area (Å²) in [4.78, 5) is 27.4. The number of rotatable bonds is 3. The molecule has 0 unspecified atom stereocenters. The third-order valence-corrected chi connectivity index (χ3v) is 5.76. The number of carbonyl (C=O) groups is 1. The number of hydrogen-bond donors (Lipinski definition) is 1. The molecule has 2 N–H and O–H groups in total. The SMILES string of the molecule is Nc1nc2c(F)cccc2c2nc(CC3CCN(C(=O)c4cccnc4)CC3)cn12. The summed E-state index contributed by atoms with van der Waals surface area (Å²) >= 11 is 0. The van der Waals surface area contributed by atoms with E-state index in [1.807, 2.05) is 11.1 Å². The largest absolute Gasteiger partial charge is 0.369 e. The van der Waals surface area contributed by atoms with Crippen molar-refractivity contribution in [1.29, 1.82) is 0 Å². The molecule has 1 saturated heterocycles. The molecule has 1 fully saturated rings. The molecule has 4 aromatic rings. The van der Waals surface area contributed by atoms with Crippen molar-refractivity contribution in [2.75, 3.05) is 18.8 Å². The van der Waals surface area contributed by atoms with Crippen LogP contribution in [0, 0.1) is 11.7 Å². The van der Waals surface area contributed by atoms with Crippen LogP contribution in [0.4, 0.5) is 10.3 Å². The fourth-order valence-electron chi connectivity index (χ4n) is 4.18. The van der Waals surface area contributed by atoms with Crippen LogP contribution >= 0.6 is 0 Å². The van der Waals surface area contributed by atoms with Gasteiger partial charge in [0.05, 0.1) is 11.3 Å². The van der Waals surface area contributed by atoms with Crippen molar-refractivity contribution >= 4 is 28.4 Å². The summed E-state index contributed by atoms with van der Waals surface area (Å²) in [6.07, 6.45) is 7.75. The molecule has 7 nitrogen and oxygen atoms in total. The average molecular weight is 404 g/mol. The molecule has 0 aliphatic carbocycles. The first-order valence-corrected chi connectivity index (χ1v) is 10.0. The molecular formula is C22H21FN6O. The average Bonchev–Trinajstić information content (AvgIpc) is 3.20. The molecular weight excluding hydrogens is 383 g/mol. The first kappa shape index (κ1) is 18.5. The third-order valence-electron chi connectivity index (χ3n) is 5.76. The topological polar surface area (TPSA) is 89.4 Å². The highest BCUT2D eigenvalue weighted by Gasteiger charge is 2.25. The zero-order chi connectivity index (χ0) is 20.7. The van der Waals surface area contributed by atoms with Gasteiger partial charge in [-0.05, 0) is 49.4 Å². The molecule has 0 atom stereocenters. The van der Waals surface area contributed by atoms with E-state index < -0.39 is 5.82 Å². The van der Waals surface area contributed by atoms with Gasteiger partial charge in [-0.2, -0.15) is 0 Å². The van der Waals surface area contributed by atoms with Crippen LogP contribution in [0.25, 0.3) is 16.6 Å². The summed E-state index contributed by atoms with van der Waals surface area (Å²) in [5.41, 5.74) is 8.42. The zero-order valence-corrected chi connectivity index (χ0v) is 16.3. The molecule has 0 spiro atoms. The summed E-state index contributed by atoms with van der Waals surface area (Å²) in [6, 6.07) is 8.40. The Morgan fingerprint density at radius 2 is 2.00 bits per heavy atom. The zero-order valence-electron chi connectivity index (χ0n) is 16.3. The van der Waals surface area contributed by atoms with Crippen LogP contribution in [0.3, 0.4) is 0 Å². The van der Waals surface area contributed by atoms with Crippen LogP contribution < -0.4 is 5.73 Å². The summed E-state index contributed by atoms with van der Waals surface area (Å²) in [5, 5.41) is 0.646. The number of halogens is 1. The monoisotopic (exact) mass is 404 g/mol. The van der Waals surface area contributed by atoms with Crippen LogP contribution in [0.15, 0.2) is 48.9 Å². The van der Waals surface area contributed by atoms with Crippen molar-refractivity contribution in [1.82, 2.24) is 24.3 Å². The number of anilines is 1. The molecule has 1 amide bonds. The highest BCUT2D eigenvalue weighted by atomic mass is 19.1. The first-order chi connectivity index (χ1) is 14.6. The number of carbonyl (C=O) groups excluding carboxylic acids is 1. The van der Waals surface area contributed by atoms with Gasteiger partial charge in [-0.1, -0.05) is 6.07 Å². The van der Waals surface area contributed by atoms with Crippen molar-refractivity contribution in [3.05, 3.63) is 66.0 Å². The number of pyridine rings is 1. The Balaban J connectivity index is 1.32. The second-order valence-corrected chi connectivity index (χ2v) is 7.71. The smallest absolute Gasteiger partial charge is 0.255 e. The third kappa shape index (κ3) is 3.24. The standard InChI is InChI=1S/C22H21FN6O/c23-18-5-1-4-17-19(18)27-22(24)29-13-16(26-20(17)29)11-14-6-9-28(10-7-14)21(30)15-3-2-8-25-12-15/h1-5,8,12-14H,6-7,9-11H2,(H2,24,27). The minimum absolute atomic E-state index is 0.0293. The molecule has 3 aromatic heterocycles. The number of likely N-dealkylation sites (tertiary alicyclic amines) is 1. The maximum absolute atomic E-state index is 14.1. The van der Waals surface area contributed by atoms with Gasteiger partial charge in [-0.15, -0.1) is 0 Å². The maximum atomic E-state index is 14.1. The number of hydrogen-bond acceptors (Lipinski definition) is 5. The molecule has 5 rings (SSSR count). The maximum Gasteiger partial charge on any atom is 0.255 e. The number of para-hydroxylation sites is 1. The number of amides is 1. The Morgan fingerprint density at radius 1 is 1.17 bits per heavy atom. The van der Waals surface area contributed by atoms with Crippen molar-refractivity contribution in [3.63, 3.8) is 0 Å². The minimum atomic E-state index is -0.406. The number of nitrogen functional groups attached to an aromatic ring is 1. The summed E-state index contributed by atoms with van der Waals surface area (Å²) in [5.74, 6) is 0.266. The lowest BCUT2D eigenvalue weighted by atomic mass is 9.92. The Labute approximate surface area is 172 Å². The molecule has 1 aromatic carbocycles. The van der Waals surface area contributed by atoms with Crippen molar-refractivity contribution in [2.24, 2.45) is 5.92 Å². The fraction of sp³-hybridized carbons (Fsp3) is 0.273. The quantitative estimate of drug-likeness (QED) is 0.567. The molecule has 0 radical (unpaired) electrons. The van der Waals surface area contributed by atoms with Crippen LogP contribution in [0.1, 0.15) is 28.9 Å². The van der Waals surface area contributed by atoms with Gasteiger partial charge in [0.25, 0.3) is 5.91 Å². The van der Waals surface area contributed by atoms with Gasteiger partial charge in [-0.25, -0.2) is 14.4 Å². The van der Waals surface area contributed by atoms with Gasteiger partial charge in [0.2, 0.25) is 5.95 Å². The predicted molar refractivity (Wildman–Crippen MR) is 111 cm³/mol. The lowest BCUT2D eigenvalue weighted by Gasteiger charge is -2.31. The molecule has 1 aliphatic heterocycles. The van der Waals surface area contributed by atoms with E-state index in [0.717, 1.165) is 25.0 Å². The van der Waals surface area contributed by atoms with E-state index in [9.17, 15) is 9.18 Å². The number of piperidine rings is 1. The number of nitrogens with zero attached hydrogens (tertiary/aromatic N) is 5. The van der Waals surface area contributed by atoms with E-state index >= 15 is 0 Å². The molecule has 0 saturated carbocycles. The lowest BCUT2D eigenvalue weighted by Crippen LogP contribution is -2.39. The number of benzene rings is 1. The van der Waals surface area contributed by atoms with Gasteiger partial charge < -0.3 is 10.6 Å². The van der Waals surface area contributed by atoms with Gasteiger partial charge in [0.15, 0.2) is 0 Å². The van der Waals surface area contributed by atoms with Crippen molar-refractivity contribution < 1.29 is 9.18 Å². The van der Waals surface area contributed by atoms with E-state index in [4.69, 9.17) is 10.7 Å². The van der Waals surface area contributed by atoms with Crippen LogP contribution in [0.2, 0.25) is 0 Å². The van der Waals surface area contributed by atoms with E-state index in [0.29, 0.717) is 35.6 Å². The van der Waals surface area contributed by atoms with Crippen molar-refractivity contribution in [2.45, 2.75) is 19.3 Å². The normalized spacial score (nSPS) is 15.2. The number of fused-ring (bicyclic) bond motifs is 3. The molecule has 8 heteroatoms. The number of imidazole rings is 1. The van der Waals surface area contributed by atoms with Crippen molar-refractivity contribution in [3.8, 4) is 0 Å². The summed E-state index contributed by atoms with van der Waals surface area (Å²) < 4.78 is 15.8. The molecule has 30 heavy (non-hydrogen) atoms. The van der Waals surface area contributed by atoms with Gasteiger partial charge >= 0.3 is 0 Å². The van der Waals surface area contributed by atoms with Gasteiger partial charge in [-0.3, -0.25) is 14.2 Å². The summed E-state index contributed by atoms with van der Waals surface area (Å²) in [7, 11) is 0. The van der Waals surface area contributed by atoms with E-state index in [1.54, 1.807) is 41.1 Å². The number of nitrogens with two attached hydrogens (primary N) is 1. The number of aromatic nitrogens is 4. The van der Waals surface area contributed by atoms with E-state index in [-0.39, 0.29) is 17.4 Å². The highest BCUT2D eigenvalue weighted by molar-refractivity contribution is 5.94.